The van der Waals surface area contributed by atoms with Gasteiger partial charge >= 0.3 is 5.97 Å². The maximum atomic E-state index is 11.6. The number of esters is 1. The third kappa shape index (κ3) is 3.09. The van der Waals surface area contributed by atoms with Crippen molar-refractivity contribution in [2.75, 3.05) is 0 Å². The molecule has 2 heteroatoms. The Morgan fingerprint density at radius 1 is 1.19 bits per heavy atom. The van der Waals surface area contributed by atoms with Gasteiger partial charge in [-0.15, -0.1) is 0 Å². The molecule has 2 nitrogen and oxygen atoms in total. The summed E-state index contributed by atoms with van der Waals surface area (Å²) in [5.41, 5.74) is 2.19. The van der Waals surface area contributed by atoms with Crippen LogP contribution in [0.4, 0.5) is 0 Å². The summed E-state index contributed by atoms with van der Waals surface area (Å²) in [6.07, 6.45) is 0. The number of hydrogen-bond acceptors (Lipinski definition) is 2. The van der Waals surface area contributed by atoms with Crippen LogP contribution in [0.15, 0.2) is 18.2 Å². The minimum absolute atomic E-state index is 0.0967. The second kappa shape index (κ2) is 5.15. The standard InChI is InChI=1S/C14H20O2/c1-9(2)12-7-6-11(5)8-13(12)16-14(15)10(3)4/h6-10H,1-5H3. The molecule has 88 valence electrons. The lowest BCUT2D eigenvalue weighted by molar-refractivity contribution is -0.137. The molecule has 1 aromatic rings. The van der Waals surface area contributed by atoms with E-state index in [4.69, 9.17) is 4.74 Å². The van der Waals surface area contributed by atoms with Crippen molar-refractivity contribution in [2.24, 2.45) is 5.92 Å². The highest BCUT2D eigenvalue weighted by atomic mass is 16.5. The molecular weight excluding hydrogens is 200 g/mol. The fourth-order valence-corrected chi connectivity index (χ4v) is 1.43. The van der Waals surface area contributed by atoms with Gasteiger partial charge in [-0.25, -0.2) is 0 Å². The van der Waals surface area contributed by atoms with Gasteiger partial charge in [0, 0.05) is 0 Å². The Hall–Kier alpha value is -1.31. The number of carbonyl (C=O) groups excluding carboxylic acids is 1. The van der Waals surface area contributed by atoms with Crippen LogP contribution in [0.25, 0.3) is 0 Å². The third-order valence-electron chi connectivity index (χ3n) is 2.47. The summed E-state index contributed by atoms with van der Waals surface area (Å²) in [5.74, 6) is 0.789. The first-order valence-corrected chi connectivity index (χ1v) is 5.74. The van der Waals surface area contributed by atoms with Gasteiger partial charge in [-0.2, -0.15) is 0 Å². The molecular formula is C14H20O2. The van der Waals surface area contributed by atoms with Crippen LogP contribution in [-0.2, 0) is 4.79 Å². The fraction of sp³-hybridized carbons (Fsp3) is 0.500. The van der Waals surface area contributed by atoms with E-state index in [-0.39, 0.29) is 11.9 Å². The van der Waals surface area contributed by atoms with Crippen LogP contribution in [-0.4, -0.2) is 5.97 Å². The summed E-state index contributed by atoms with van der Waals surface area (Å²) in [7, 11) is 0. The second-order valence-corrected chi connectivity index (χ2v) is 4.77. The average molecular weight is 220 g/mol. The van der Waals surface area contributed by atoms with E-state index in [1.807, 2.05) is 39.0 Å². The van der Waals surface area contributed by atoms with Crippen molar-refractivity contribution in [3.63, 3.8) is 0 Å². The van der Waals surface area contributed by atoms with Gasteiger partial charge in [-0.3, -0.25) is 4.79 Å². The first kappa shape index (κ1) is 12.8. The van der Waals surface area contributed by atoms with Crippen molar-refractivity contribution in [1.82, 2.24) is 0 Å². The summed E-state index contributed by atoms with van der Waals surface area (Å²) in [4.78, 5) is 11.6. The minimum atomic E-state index is -0.174. The summed E-state index contributed by atoms with van der Waals surface area (Å²) < 4.78 is 5.41. The topological polar surface area (TPSA) is 26.3 Å². The molecule has 0 saturated carbocycles. The quantitative estimate of drug-likeness (QED) is 0.573. The molecule has 0 spiro atoms. The van der Waals surface area contributed by atoms with Crippen molar-refractivity contribution in [3.05, 3.63) is 29.3 Å². The summed E-state index contributed by atoms with van der Waals surface area (Å²) in [5, 5.41) is 0. The predicted molar refractivity (Wildman–Crippen MR) is 65.7 cm³/mol. The number of aryl methyl sites for hydroxylation is 1. The van der Waals surface area contributed by atoms with Crippen molar-refractivity contribution < 1.29 is 9.53 Å². The van der Waals surface area contributed by atoms with Crippen molar-refractivity contribution in [1.29, 1.82) is 0 Å². The second-order valence-electron chi connectivity index (χ2n) is 4.77. The highest BCUT2D eigenvalue weighted by Crippen LogP contribution is 2.28. The van der Waals surface area contributed by atoms with E-state index < -0.39 is 0 Å². The van der Waals surface area contributed by atoms with Crippen molar-refractivity contribution >= 4 is 5.97 Å². The molecule has 0 aliphatic heterocycles. The SMILES string of the molecule is Cc1ccc(C(C)C)c(OC(=O)C(C)C)c1. The molecule has 1 rings (SSSR count). The van der Waals surface area contributed by atoms with Crippen LogP contribution in [0.3, 0.4) is 0 Å². The average Bonchev–Trinajstić information content (AvgIpc) is 2.16. The van der Waals surface area contributed by atoms with Gasteiger partial charge in [0.15, 0.2) is 0 Å². The lowest BCUT2D eigenvalue weighted by Crippen LogP contribution is -2.16. The number of rotatable bonds is 3. The van der Waals surface area contributed by atoms with Crippen LogP contribution in [0.2, 0.25) is 0 Å². The van der Waals surface area contributed by atoms with E-state index in [1.165, 1.54) is 0 Å². The van der Waals surface area contributed by atoms with E-state index >= 15 is 0 Å². The Balaban J connectivity index is 3.01. The Labute approximate surface area is 97.6 Å². The zero-order valence-corrected chi connectivity index (χ0v) is 10.7. The number of ether oxygens (including phenoxy) is 1. The fourth-order valence-electron chi connectivity index (χ4n) is 1.43. The van der Waals surface area contributed by atoms with Crippen LogP contribution < -0.4 is 4.74 Å². The van der Waals surface area contributed by atoms with Gasteiger partial charge in [0.05, 0.1) is 5.92 Å². The molecule has 1 aromatic carbocycles. The van der Waals surface area contributed by atoms with Gasteiger partial charge in [0.25, 0.3) is 0 Å². The molecule has 0 radical (unpaired) electrons. The first-order valence-electron chi connectivity index (χ1n) is 5.74. The monoisotopic (exact) mass is 220 g/mol. The Morgan fingerprint density at radius 3 is 2.31 bits per heavy atom. The molecule has 0 N–H and O–H groups in total. The molecule has 0 heterocycles. The Morgan fingerprint density at radius 2 is 1.81 bits per heavy atom. The number of benzene rings is 1. The van der Waals surface area contributed by atoms with E-state index in [0.29, 0.717) is 11.7 Å². The molecule has 0 atom stereocenters. The van der Waals surface area contributed by atoms with E-state index in [9.17, 15) is 4.79 Å². The van der Waals surface area contributed by atoms with Gasteiger partial charge in [0.1, 0.15) is 5.75 Å². The first-order chi connectivity index (χ1) is 7.41. The van der Waals surface area contributed by atoms with Gasteiger partial charge in [-0.1, -0.05) is 39.8 Å². The zero-order valence-electron chi connectivity index (χ0n) is 10.7. The number of carbonyl (C=O) groups is 1. The molecule has 0 unspecified atom stereocenters. The largest absolute Gasteiger partial charge is 0.426 e. The van der Waals surface area contributed by atoms with Crippen LogP contribution in [0, 0.1) is 12.8 Å². The molecule has 0 fully saturated rings. The van der Waals surface area contributed by atoms with E-state index in [0.717, 1.165) is 11.1 Å². The highest BCUT2D eigenvalue weighted by molar-refractivity contribution is 5.74. The van der Waals surface area contributed by atoms with Gasteiger partial charge in [0.2, 0.25) is 0 Å². The highest BCUT2D eigenvalue weighted by Gasteiger charge is 2.14. The minimum Gasteiger partial charge on any atom is -0.426 e. The lowest BCUT2D eigenvalue weighted by Gasteiger charge is -2.14. The van der Waals surface area contributed by atoms with Crippen molar-refractivity contribution in [3.8, 4) is 5.75 Å². The third-order valence-corrected chi connectivity index (χ3v) is 2.47. The molecule has 0 aromatic heterocycles. The van der Waals surface area contributed by atoms with Gasteiger partial charge in [-0.05, 0) is 30.0 Å². The summed E-state index contributed by atoms with van der Waals surface area (Å²) in [6.45, 7) is 9.87. The molecule has 16 heavy (non-hydrogen) atoms. The zero-order chi connectivity index (χ0) is 12.3. The maximum absolute atomic E-state index is 11.6. The smallest absolute Gasteiger partial charge is 0.313 e. The normalized spacial score (nSPS) is 10.9. The molecule has 0 bridgehead atoms. The Kier molecular flexibility index (Phi) is 4.11. The van der Waals surface area contributed by atoms with E-state index in [2.05, 4.69) is 13.8 Å². The summed E-state index contributed by atoms with van der Waals surface area (Å²) in [6, 6.07) is 6.00. The predicted octanol–water partition coefficient (Wildman–Crippen LogP) is 3.68. The van der Waals surface area contributed by atoms with Crippen LogP contribution >= 0.6 is 0 Å². The van der Waals surface area contributed by atoms with Gasteiger partial charge < -0.3 is 4.74 Å². The molecule has 0 aliphatic carbocycles. The van der Waals surface area contributed by atoms with Crippen LogP contribution in [0.1, 0.15) is 44.7 Å². The lowest BCUT2D eigenvalue weighted by atomic mass is 10.0. The molecule has 0 saturated heterocycles. The van der Waals surface area contributed by atoms with Crippen molar-refractivity contribution in [2.45, 2.75) is 40.5 Å². The Bertz CT molecular complexity index is 378. The summed E-state index contributed by atoms with van der Waals surface area (Å²) >= 11 is 0. The van der Waals surface area contributed by atoms with Crippen LogP contribution in [0.5, 0.6) is 5.75 Å². The molecule has 0 amide bonds. The van der Waals surface area contributed by atoms with E-state index in [1.54, 1.807) is 0 Å². The maximum Gasteiger partial charge on any atom is 0.313 e. The molecule has 0 aliphatic rings. The number of hydrogen-bond donors (Lipinski definition) is 0.